The molecule has 0 aliphatic carbocycles. The number of methoxy groups -OCH3 is 1. The summed E-state index contributed by atoms with van der Waals surface area (Å²) in [7, 11) is 1.43. The molecule has 0 atom stereocenters. The smallest absolute Gasteiger partial charge is 0.432 e. The molecule has 2 aromatic rings. The molecule has 2 rings (SSSR count). The number of anilines is 1. The number of aryl methyl sites for hydroxylation is 1. The van der Waals surface area contributed by atoms with Crippen molar-refractivity contribution in [3.05, 3.63) is 41.2 Å². The molecule has 0 bridgehead atoms. The van der Waals surface area contributed by atoms with Gasteiger partial charge in [0.2, 0.25) is 0 Å². The first-order valence-corrected chi connectivity index (χ1v) is 5.90. The van der Waals surface area contributed by atoms with E-state index < -0.39 is 17.8 Å². The summed E-state index contributed by atoms with van der Waals surface area (Å²) in [4.78, 5) is 11.9. The van der Waals surface area contributed by atoms with Gasteiger partial charge in [-0.2, -0.15) is 18.3 Å². The van der Waals surface area contributed by atoms with Gasteiger partial charge in [0.25, 0.3) is 5.91 Å². The lowest BCUT2D eigenvalue weighted by molar-refractivity contribution is -0.141. The maximum absolute atomic E-state index is 12.4. The second-order valence-electron chi connectivity index (χ2n) is 4.32. The van der Waals surface area contributed by atoms with E-state index in [2.05, 4.69) is 10.4 Å². The Morgan fingerprint density at radius 2 is 2.05 bits per heavy atom. The molecule has 1 aromatic carbocycles. The van der Waals surface area contributed by atoms with Crippen LogP contribution in [-0.4, -0.2) is 23.2 Å². The van der Waals surface area contributed by atoms with Gasteiger partial charge in [-0.25, -0.2) is 0 Å². The first-order valence-electron chi connectivity index (χ1n) is 5.90. The molecule has 0 radical (unpaired) electrons. The zero-order valence-corrected chi connectivity index (χ0v) is 11.2. The quantitative estimate of drug-likeness (QED) is 0.915. The second kappa shape index (κ2) is 5.47. The van der Waals surface area contributed by atoms with Gasteiger partial charge in [0.15, 0.2) is 5.69 Å². The number of nitrogens with zero attached hydrogens (tertiary/aromatic N) is 1. The number of ether oxygens (including phenoxy) is 1. The fourth-order valence-corrected chi connectivity index (χ4v) is 1.69. The Hall–Kier alpha value is -2.51. The van der Waals surface area contributed by atoms with Crippen molar-refractivity contribution in [2.45, 2.75) is 13.1 Å². The normalized spacial score (nSPS) is 11.3. The Morgan fingerprint density at radius 1 is 1.33 bits per heavy atom. The van der Waals surface area contributed by atoms with Crippen molar-refractivity contribution >= 4 is 11.6 Å². The molecule has 21 heavy (non-hydrogen) atoms. The minimum atomic E-state index is -4.58. The van der Waals surface area contributed by atoms with Crippen LogP contribution in [0.15, 0.2) is 24.3 Å². The molecule has 0 aliphatic heterocycles. The first kappa shape index (κ1) is 14.9. The van der Waals surface area contributed by atoms with Crippen molar-refractivity contribution in [3.63, 3.8) is 0 Å². The molecule has 2 N–H and O–H groups in total. The molecule has 0 aliphatic rings. The molecule has 0 spiro atoms. The highest BCUT2D eigenvalue weighted by molar-refractivity contribution is 6.03. The number of halogens is 3. The van der Waals surface area contributed by atoms with Crippen LogP contribution in [0.4, 0.5) is 18.9 Å². The van der Waals surface area contributed by atoms with Gasteiger partial charge in [0.1, 0.15) is 11.4 Å². The Kier molecular flexibility index (Phi) is 3.88. The molecular formula is C13H12F3N3O2. The molecule has 0 fully saturated rings. The molecule has 1 aromatic heterocycles. The first-order chi connectivity index (χ1) is 9.81. The number of alkyl halides is 3. The minimum absolute atomic E-state index is 0.356. The van der Waals surface area contributed by atoms with E-state index in [1.165, 1.54) is 7.11 Å². The van der Waals surface area contributed by atoms with Crippen LogP contribution in [0.1, 0.15) is 21.7 Å². The Bertz CT molecular complexity index is 665. The lowest BCUT2D eigenvalue weighted by atomic mass is 10.2. The SMILES string of the molecule is COc1ccc(C)cc1NC(=O)c1cc(C(F)(F)F)[nH]n1. The number of carbonyl (C=O) groups is 1. The highest BCUT2D eigenvalue weighted by atomic mass is 19.4. The third kappa shape index (κ3) is 3.33. The van der Waals surface area contributed by atoms with Crippen LogP contribution in [0, 0.1) is 6.92 Å². The molecule has 112 valence electrons. The van der Waals surface area contributed by atoms with Crippen LogP contribution in [0.5, 0.6) is 5.75 Å². The number of H-pyrrole nitrogens is 1. The zero-order valence-electron chi connectivity index (χ0n) is 11.2. The summed E-state index contributed by atoms with van der Waals surface area (Å²) >= 11 is 0. The molecular weight excluding hydrogens is 287 g/mol. The van der Waals surface area contributed by atoms with E-state index in [1.54, 1.807) is 23.3 Å². The largest absolute Gasteiger partial charge is 0.495 e. The highest BCUT2D eigenvalue weighted by Crippen LogP contribution is 2.29. The van der Waals surface area contributed by atoms with Crippen LogP contribution in [0.2, 0.25) is 0 Å². The van der Waals surface area contributed by atoms with Gasteiger partial charge in [-0.15, -0.1) is 0 Å². The summed E-state index contributed by atoms with van der Waals surface area (Å²) in [5.74, 6) is -0.355. The standard InChI is InChI=1S/C13H12F3N3O2/c1-7-3-4-10(21-2)8(5-7)17-12(20)9-6-11(19-18-9)13(14,15)16/h3-6H,1-2H3,(H,17,20)(H,18,19). The van der Waals surface area contributed by atoms with Gasteiger partial charge in [-0.3, -0.25) is 9.89 Å². The van der Waals surface area contributed by atoms with Crippen molar-refractivity contribution in [2.24, 2.45) is 0 Å². The molecule has 0 unspecified atom stereocenters. The number of aromatic amines is 1. The van der Waals surface area contributed by atoms with Crippen molar-refractivity contribution in [1.29, 1.82) is 0 Å². The maximum atomic E-state index is 12.4. The third-order valence-corrected chi connectivity index (χ3v) is 2.72. The molecule has 1 heterocycles. The lowest BCUT2D eigenvalue weighted by Crippen LogP contribution is -2.13. The fourth-order valence-electron chi connectivity index (χ4n) is 1.69. The van der Waals surface area contributed by atoms with Crippen molar-refractivity contribution < 1.29 is 22.7 Å². The van der Waals surface area contributed by atoms with Gasteiger partial charge in [-0.05, 0) is 24.6 Å². The summed E-state index contributed by atoms with van der Waals surface area (Å²) in [5.41, 5.74) is -0.210. The number of amides is 1. The molecule has 1 amide bonds. The highest BCUT2D eigenvalue weighted by Gasteiger charge is 2.33. The molecule has 0 saturated heterocycles. The van der Waals surface area contributed by atoms with Crippen LogP contribution >= 0.6 is 0 Å². The lowest BCUT2D eigenvalue weighted by Gasteiger charge is -2.09. The Labute approximate surface area is 118 Å². The van der Waals surface area contributed by atoms with E-state index in [0.29, 0.717) is 17.5 Å². The van der Waals surface area contributed by atoms with Crippen molar-refractivity contribution in [2.75, 3.05) is 12.4 Å². The zero-order chi connectivity index (χ0) is 15.6. The van der Waals surface area contributed by atoms with Crippen molar-refractivity contribution in [1.82, 2.24) is 10.2 Å². The van der Waals surface area contributed by atoms with Crippen LogP contribution in [0.3, 0.4) is 0 Å². The maximum Gasteiger partial charge on any atom is 0.432 e. The van der Waals surface area contributed by atoms with Gasteiger partial charge >= 0.3 is 6.18 Å². The van der Waals surface area contributed by atoms with E-state index in [1.807, 2.05) is 6.92 Å². The van der Waals surface area contributed by atoms with E-state index in [0.717, 1.165) is 5.56 Å². The minimum Gasteiger partial charge on any atom is -0.495 e. The van der Waals surface area contributed by atoms with Gasteiger partial charge in [-0.1, -0.05) is 6.07 Å². The Morgan fingerprint density at radius 3 is 2.62 bits per heavy atom. The van der Waals surface area contributed by atoms with E-state index in [4.69, 9.17) is 4.74 Å². The average molecular weight is 299 g/mol. The van der Waals surface area contributed by atoms with E-state index >= 15 is 0 Å². The van der Waals surface area contributed by atoms with Crippen molar-refractivity contribution in [3.8, 4) is 5.75 Å². The molecule has 8 heteroatoms. The summed E-state index contributed by atoms with van der Waals surface area (Å²) in [6.07, 6.45) is -4.58. The van der Waals surface area contributed by atoms with Gasteiger partial charge < -0.3 is 10.1 Å². The summed E-state index contributed by atoms with van der Waals surface area (Å²) in [6.45, 7) is 1.81. The molecule has 0 saturated carbocycles. The molecule has 5 nitrogen and oxygen atoms in total. The van der Waals surface area contributed by atoms with Crippen LogP contribution in [0.25, 0.3) is 0 Å². The number of aromatic nitrogens is 2. The van der Waals surface area contributed by atoms with Gasteiger partial charge in [0, 0.05) is 6.07 Å². The number of nitrogens with one attached hydrogen (secondary N) is 2. The summed E-state index contributed by atoms with van der Waals surface area (Å²) < 4.78 is 42.4. The van der Waals surface area contributed by atoms with E-state index in [-0.39, 0.29) is 5.69 Å². The van der Waals surface area contributed by atoms with Crippen LogP contribution < -0.4 is 10.1 Å². The van der Waals surface area contributed by atoms with Gasteiger partial charge in [0.05, 0.1) is 12.8 Å². The second-order valence-corrected chi connectivity index (χ2v) is 4.32. The Balaban J connectivity index is 2.22. The number of carbonyl (C=O) groups excluding carboxylic acids is 1. The average Bonchev–Trinajstić information content (AvgIpc) is 2.88. The third-order valence-electron chi connectivity index (χ3n) is 2.72. The topological polar surface area (TPSA) is 67.0 Å². The number of benzene rings is 1. The number of hydrogen-bond acceptors (Lipinski definition) is 3. The predicted octanol–water partition coefficient (Wildman–Crippen LogP) is 3.00. The fraction of sp³-hybridized carbons (Fsp3) is 0.231. The monoisotopic (exact) mass is 299 g/mol. The summed E-state index contributed by atoms with van der Waals surface area (Å²) in [5, 5.41) is 7.61. The predicted molar refractivity (Wildman–Crippen MR) is 69.3 cm³/mol. The number of hydrogen-bond donors (Lipinski definition) is 2. The summed E-state index contributed by atoms with van der Waals surface area (Å²) in [6, 6.07) is 5.73. The van der Waals surface area contributed by atoms with Crippen LogP contribution in [-0.2, 0) is 6.18 Å². The number of rotatable bonds is 3. The van der Waals surface area contributed by atoms with E-state index in [9.17, 15) is 18.0 Å².